The summed E-state index contributed by atoms with van der Waals surface area (Å²) in [6.45, 7) is 0.937. The van der Waals surface area contributed by atoms with Crippen molar-refractivity contribution in [2.45, 2.75) is 51.0 Å². The van der Waals surface area contributed by atoms with Crippen molar-refractivity contribution in [1.82, 2.24) is 5.32 Å². The average Bonchev–Trinajstić information content (AvgIpc) is 2.27. The van der Waals surface area contributed by atoms with Crippen LogP contribution in [0.5, 0.6) is 0 Å². The summed E-state index contributed by atoms with van der Waals surface area (Å²) in [6.07, 6.45) is 9.02. The Kier molecular flexibility index (Phi) is 2.36. The summed E-state index contributed by atoms with van der Waals surface area (Å²) in [5, 5.41) is 3.66. The molecule has 2 nitrogen and oxygen atoms in total. The van der Waals surface area contributed by atoms with Crippen molar-refractivity contribution >= 4 is 5.78 Å². The van der Waals surface area contributed by atoms with E-state index >= 15 is 0 Å². The first-order valence-electron chi connectivity index (χ1n) is 7.54. The molecular weight excluding hydrogens is 210 g/mol. The Morgan fingerprint density at radius 2 is 1.59 bits per heavy atom. The molecule has 1 unspecified atom stereocenters. The first-order valence-corrected chi connectivity index (χ1v) is 7.54. The SMILES string of the molecule is O=C1CCNC(C2C3CC4CC(C3)CC2C4)C1. The number of hydrogen-bond acceptors (Lipinski definition) is 2. The Hall–Kier alpha value is -0.370. The van der Waals surface area contributed by atoms with Crippen LogP contribution in [-0.4, -0.2) is 18.4 Å². The predicted molar refractivity (Wildman–Crippen MR) is 66.6 cm³/mol. The number of rotatable bonds is 1. The van der Waals surface area contributed by atoms with E-state index in [0.29, 0.717) is 11.8 Å². The maximum absolute atomic E-state index is 11.7. The molecule has 0 spiro atoms. The monoisotopic (exact) mass is 233 g/mol. The van der Waals surface area contributed by atoms with Crippen LogP contribution in [0.3, 0.4) is 0 Å². The van der Waals surface area contributed by atoms with Crippen LogP contribution in [0, 0.1) is 29.6 Å². The molecule has 4 aliphatic carbocycles. The van der Waals surface area contributed by atoms with E-state index in [1.165, 1.54) is 32.1 Å². The molecular formula is C15H23NO. The maximum Gasteiger partial charge on any atom is 0.135 e. The van der Waals surface area contributed by atoms with E-state index in [0.717, 1.165) is 49.0 Å². The van der Waals surface area contributed by atoms with Crippen LogP contribution in [0.15, 0.2) is 0 Å². The molecule has 0 aromatic heterocycles. The lowest BCUT2D eigenvalue weighted by Crippen LogP contribution is -2.55. The molecule has 5 rings (SSSR count). The largest absolute Gasteiger partial charge is 0.313 e. The molecule has 1 aliphatic heterocycles. The van der Waals surface area contributed by atoms with Crippen molar-refractivity contribution < 1.29 is 4.79 Å². The average molecular weight is 233 g/mol. The summed E-state index contributed by atoms with van der Waals surface area (Å²) in [5.74, 6) is 5.35. The van der Waals surface area contributed by atoms with Crippen LogP contribution in [-0.2, 0) is 4.79 Å². The zero-order valence-corrected chi connectivity index (χ0v) is 10.5. The lowest BCUT2D eigenvalue weighted by atomic mass is 9.50. The van der Waals surface area contributed by atoms with E-state index in [9.17, 15) is 4.79 Å². The predicted octanol–water partition coefficient (Wildman–Crippen LogP) is 2.38. The molecule has 4 bridgehead atoms. The molecule has 1 saturated heterocycles. The summed E-state index contributed by atoms with van der Waals surface area (Å²) < 4.78 is 0. The Morgan fingerprint density at radius 1 is 0.941 bits per heavy atom. The molecule has 1 N–H and O–H groups in total. The summed E-state index contributed by atoms with van der Waals surface area (Å²) in [5.41, 5.74) is 0. The fraction of sp³-hybridized carbons (Fsp3) is 0.933. The number of ketones is 1. The van der Waals surface area contributed by atoms with Gasteiger partial charge in [0.2, 0.25) is 0 Å². The molecule has 94 valence electrons. The third-order valence-electron chi connectivity index (χ3n) is 6.02. The molecule has 2 heteroatoms. The lowest BCUT2D eigenvalue weighted by molar-refractivity contribution is -0.123. The molecule has 1 heterocycles. The number of piperidine rings is 1. The van der Waals surface area contributed by atoms with Gasteiger partial charge < -0.3 is 5.32 Å². The van der Waals surface area contributed by atoms with E-state index in [1.807, 2.05) is 0 Å². The van der Waals surface area contributed by atoms with E-state index in [-0.39, 0.29) is 0 Å². The van der Waals surface area contributed by atoms with Gasteiger partial charge in [-0.3, -0.25) is 4.79 Å². The minimum atomic E-state index is 0.502. The van der Waals surface area contributed by atoms with Gasteiger partial charge in [0.1, 0.15) is 5.78 Å². The number of hydrogen-bond donors (Lipinski definition) is 1. The second kappa shape index (κ2) is 3.81. The minimum Gasteiger partial charge on any atom is -0.313 e. The Labute approximate surface area is 104 Å². The lowest BCUT2D eigenvalue weighted by Gasteiger charge is -2.57. The van der Waals surface area contributed by atoms with E-state index in [4.69, 9.17) is 0 Å². The topological polar surface area (TPSA) is 29.1 Å². The van der Waals surface area contributed by atoms with Crippen molar-refractivity contribution in [3.05, 3.63) is 0 Å². The van der Waals surface area contributed by atoms with E-state index in [2.05, 4.69) is 5.32 Å². The normalized spacial score (nSPS) is 53.1. The molecule has 5 aliphatic rings. The van der Waals surface area contributed by atoms with Crippen LogP contribution in [0.1, 0.15) is 44.9 Å². The summed E-state index contributed by atoms with van der Waals surface area (Å²) in [6, 6.07) is 0.534. The maximum atomic E-state index is 11.7. The van der Waals surface area contributed by atoms with Crippen molar-refractivity contribution in [1.29, 1.82) is 0 Å². The summed E-state index contributed by atoms with van der Waals surface area (Å²) in [4.78, 5) is 11.7. The quantitative estimate of drug-likeness (QED) is 0.753. The Bertz CT molecular complexity index is 310. The van der Waals surface area contributed by atoms with Gasteiger partial charge in [0.05, 0.1) is 0 Å². The van der Waals surface area contributed by atoms with Crippen LogP contribution in [0.4, 0.5) is 0 Å². The van der Waals surface area contributed by atoms with Gasteiger partial charge in [0.15, 0.2) is 0 Å². The van der Waals surface area contributed by atoms with Crippen LogP contribution in [0.25, 0.3) is 0 Å². The van der Waals surface area contributed by atoms with Crippen molar-refractivity contribution in [2.75, 3.05) is 6.54 Å². The van der Waals surface area contributed by atoms with Crippen molar-refractivity contribution in [3.8, 4) is 0 Å². The molecule has 0 amide bonds. The first kappa shape index (κ1) is 10.5. The van der Waals surface area contributed by atoms with Gasteiger partial charge in [0.25, 0.3) is 0 Å². The van der Waals surface area contributed by atoms with Gasteiger partial charge in [-0.05, 0) is 61.7 Å². The van der Waals surface area contributed by atoms with Crippen molar-refractivity contribution in [2.24, 2.45) is 29.6 Å². The summed E-state index contributed by atoms with van der Waals surface area (Å²) in [7, 11) is 0. The molecule has 0 radical (unpaired) electrons. The fourth-order valence-corrected chi connectivity index (χ4v) is 5.71. The number of carbonyl (C=O) groups excluding carboxylic acids is 1. The Morgan fingerprint density at radius 3 is 2.18 bits per heavy atom. The van der Waals surface area contributed by atoms with E-state index < -0.39 is 0 Å². The molecule has 1 atom stereocenters. The molecule has 0 aromatic rings. The zero-order valence-electron chi connectivity index (χ0n) is 10.5. The molecule has 17 heavy (non-hydrogen) atoms. The van der Waals surface area contributed by atoms with Gasteiger partial charge >= 0.3 is 0 Å². The summed E-state index contributed by atoms with van der Waals surface area (Å²) >= 11 is 0. The molecule has 0 aromatic carbocycles. The highest BCUT2D eigenvalue weighted by Gasteiger charge is 2.50. The van der Waals surface area contributed by atoms with Gasteiger partial charge in [-0.2, -0.15) is 0 Å². The molecule has 5 fully saturated rings. The van der Waals surface area contributed by atoms with Crippen molar-refractivity contribution in [3.63, 3.8) is 0 Å². The third kappa shape index (κ3) is 1.68. The third-order valence-corrected chi connectivity index (χ3v) is 6.02. The van der Waals surface area contributed by atoms with Crippen LogP contribution < -0.4 is 5.32 Å². The first-order chi connectivity index (χ1) is 8.29. The van der Waals surface area contributed by atoms with Gasteiger partial charge in [-0.25, -0.2) is 0 Å². The number of Topliss-reactive ketones (excluding diaryl/α,β-unsaturated/α-hetero) is 1. The minimum absolute atomic E-state index is 0.502. The highest BCUT2D eigenvalue weighted by atomic mass is 16.1. The molecule has 4 saturated carbocycles. The smallest absolute Gasteiger partial charge is 0.135 e. The number of carbonyl (C=O) groups is 1. The second-order valence-electron chi connectivity index (χ2n) is 7.06. The highest BCUT2D eigenvalue weighted by Crippen LogP contribution is 2.57. The van der Waals surface area contributed by atoms with E-state index in [1.54, 1.807) is 0 Å². The van der Waals surface area contributed by atoms with Crippen LogP contribution in [0.2, 0.25) is 0 Å². The number of nitrogens with one attached hydrogen (secondary N) is 1. The Balaban J connectivity index is 1.55. The van der Waals surface area contributed by atoms with Gasteiger partial charge in [-0.1, -0.05) is 0 Å². The second-order valence-corrected chi connectivity index (χ2v) is 7.06. The zero-order chi connectivity index (χ0) is 11.4. The standard InChI is InChI=1S/C15H23NO/c17-13-1-2-16-14(8-13)15-11-4-9-3-10(6-11)7-12(15)5-9/h9-12,14-16H,1-8H2. The highest BCUT2D eigenvalue weighted by molar-refractivity contribution is 5.80. The fourth-order valence-electron chi connectivity index (χ4n) is 5.71. The van der Waals surface area contributed by atoms with Gasteiger partial charge in [-0.15, -0.1) is 0 Å². The van der Waals surface area contributed by atoms with Gasteiger partial charge in [0, 0.05) is 25.4 Å². The van der Waals surface area contributed by atoms with Crippen LogP contribution >= 0.6 is 0 Å².